The molecule has 1 aromatic heterocycles. The maximum atomic E-state index is 13.4. The van der Waals surface area contributed by atoms with Crippen LogP contribution in [0.2, 0.25) is 5.15 Å². The van der Waals surface area contributed by atoms with Crippen molar-refractivity contribution in [2.75, 3.05) is 5.32 Å². The van der Waals surface area contributed by atoms with Crippen molar-refractivity contribution in [2.24, 2.45) is 0 Å². The van der Waals surface area contributed by atoms with E-state index in [1.54, 1.807) is 18.2 Å². The Bertz CT molecular complexity index is 531. The fourth-order valence-corrected chi connectivity index (χ4v) is 1.56. The fourth-order valence-electron chi connectivity index (χ4n) is 1.43. The second kappa shape index (κ2) is 5.10. The van der Waals surface area contributed by atoms with E-state index in [9.17, 15) is 4.39 Å². The van der Waals surface area contributed by atoms with Crippen molar-refractivity contribution in [2.45, 2.75) is 13.5 Å². The first-order chi connectivity index (χ1) is 8.18. The van der Waals surface area contributed by atoms with Gasteiger partial charge < -0.3 is 5.32 Å². The van der Waals surface area contributed by atoms with Crippen LogP contribution in [0.5, 0.6) is 0 Å². The van der Waals surface area contributed by atoms with Crippen LogP contribution in [0.3, 0.4) is 0 Å². The smallest absolute Gasteiger partial charge is 0.137 e. The van der Waals surface area contributed by atoms with Crippen LogP contribution in [-0.2, 0) is 6.54 Å². The third kappa shape index (κ3) is 2.71. The van der Waals surface area contributed by atoms with Crippen molar-refractivity contribution in [3.63, 3.8) is 0 Å². The predicted molar refractivity (Wildman–Crippen MR) is 65.5 cm³/mol. The number of hydrogen-bond donors (Lipinski definition) is 1. The van der Waals surface area contributed by atoms with Gasteiger partial charge in [0.15, 0.2) is 0 Å². The van der Waals surface area contributed by atoms with Crippen LogP contribution in [-0.4, -0.2) is 9.97 Å². The van der Waals surface area contributed by atoms with E-state index in [-0.39, 0.29) is 5.82 Å². The lowest BCUT2D eigenvalue weighted by atomic mass is 10.2. The molecule has 0 atom stereocenters. The molecule has 17 heavy (non-hydrogen) atoms. The molecule has 0 radical (unpaired) electrons. The van der Waals surface area contributed by atoms with E-state index < -0.39 is 0 Å². The zero-order valence-electron chi connectivity index (χ0n) is 9.24. The number of nitrogens with zero attached hydrogens (tertiary/aromatic N) is 2. The molecule has 1 heterocycles. The third-order valence-corrected chi connectivity index (χ3v) is 2.81. The Hall–Kier alpha value is -1.68. The molecule has 0 bridgehead atoms. The highest BCUT2D eigenvalue weighted by Crippen LogP contribution is 2.18. The van der Waals surface area contributed by atoms with Crippen LogP contribution in [0.15, 0.2) is 30.6 Å². The first-order valence-electron chi connectivity index (χ1n) is 5.13. The van der Waals surface area contributed by atoms with Crippen molar-refractivity contribution < 1.29 is 4.39 Å². The monoisotopic (exact) mass is 251 g/mol. The number of rotatable bonds is 3. The summed E-state index contributed by atoms with van der Waals surface area (Å²) in [5, 5.41) is 3.43. The molecule has 2 aromatic rings. The molecule has 5 heteroatoms. The van der Waals surface area contributed by atoms with Gasteiger partial charge in [0.05, 0.1) is 0 Å². The number of hydrogen-bond acceptors (Lipinski definition) is 3. The minimum atomic E-state index is -0.238. The molecule has 0 unspecified atom stereocenters. The lowest BCUT2D eigenvalue weighted by Gasteiger charge is -2.09. The molecule has 1 N–H and O–H groups in total. The summed E-state index contributed by atoms with van der Waals surface area (Å²) in [7, 11) is 0. The summed E-state index contributed by atoms with van der Waals surface area (Å²) >= 11 is 5.86. The van der Waals surface area contributed by atoms with Crippen LogP contribution in [0.25, 0.3) is 0 Å². The van der Waals surface area contributed by atoms with E-state index in [0.29, 0.717) is 23.1 Å². The zero-order valence-corrected chi connectivity index (χ0v) is 10.0. The molecule has 0 saturated carbocycles. The molecule has 0 amide bonds. The van der Waals surface area contributed by atoms with Gasteiger partial charge in [-0.05, 0) is 13.0 Å². The van der Waals surface area contributed by atoms with E-state index >= 15 is 0 Å². The molecule has 0 fully saturated rings. The van der Waals surface area contributed by atoms with Gasteiger partial charge in [0.25, 0.3) is 0 Å². The van der Waals surface area contributed by atoms with Crippen molar-refractivity contribution in [3.8, 4) is 0 Å². The Kier molecular flexibility index (Phi) is 3.54. The minimum absolute atomic E-state index is 0.238. The second-order valence-corrected chi connectivity index (χ2v) is 3.94. The highest BCUT2D eigenvalue weighted by atomic mass is 35.5. The molecule has 0 aliphatic heterocycles. The van der Waals surface area contributed by atoms with Gasteiger partial charge in [-0.15, -0.1) is 0 Å². The van der Waals surface area contributed by atoms with Gasteiger partial charge in [0.2, 0.25) is 0 Å². The lowest BCUT2D eigenvalue weighted by Crippen LogP contribution is -2.05. The van der Waals surface area contributed by atoms with E-state index in [2.05, 4.69) is 15.3 Å². The molecular formula is C12H11ClFN3. The van der Waals surface area contributed by atoms with Gasteiger partial charge in [-0.25, -0.2) is 14.4 Å². The van der Waals surface area contributed by atoms with Gasteiger partial charge in [0.1, 0.15) is 23.1 Å². The normalized spacial score (nSPS) is 10.3. The van der Waals surface area contributed by atoms with Crippen LogP contribution in [0, 0.1) is 12.7 Å². The highest BCUT2D eigenvalue weighted by Gasteiger charge is 2.05. The summed E-state index contributed by atoms with van der Waals surface area (Å²) in [6.45, 7) is 2.17. The first kappa shape index (κ1) is 11.8. The molecule has 0 aliphatic carbocycles. The number of nitrogens with one attached hydrogen (secondary N) is 1. The fraction of sp³-hybridized carbons (Fsp3) is 0.167. The Morgan fingerprint density at radius 3 is 2.82 bits per heavy atom. The molecule has 2 rings (SSSR count). The summed E-state index contributed by atoms with van der Waals surface area (Å²) in [6.07, 6.45) is 1.37. The van der Waals surface area contributed by atoms with Gasteiger partial charge in [-0.2, -0.15) is 0 Å². The Morgan fingerprint density at radius 1 is 1.29 bits per heavy atom. The van der Waals surface area contributed by atoms with E-state index in [0.717, 1.165) is 5.56 Å². The Morgan fingerprint density at radius 2 is 2.06 bits per heavy atom. The van der Waals surface area contributed by atoms with Gasteiger partial charge >= 0.3 is 0 Å². The molecule has 0 aliphatic rings. The summed E-state index contributed by atoms with van der Waals surface area (Å²) in [5.41, 5.74) is 1.34. The predicted octanol–water partition coefficient (Wildman–Crippen LogP) is 3.19. The largest absolute Gasteiger partial charge is 0.366 e. The SMILES string of the molecule is Cc1c(Cl)ncnc1NCc1ccccc1F. The summed E-state index contributed by atoms with van der Waals surface area (Å²) in [6, 6.07) is 6.60. The molecule has 0 saturated heterocycles. The third-order valence-electron chi connectivity index (χ3n) is 2.43. The quantitative estimate of drug-likeness (QED) is 0.852. The standard InChI is InChI=1S/C12H11ClFN3/c1-8-11(13)16-7-17-12(8)15-6-9-4-2-3-5-10(9)14/h2-5,7H,6H2,1H3,(H,15,16,17). The number of anilines is 1. The number of halogens is 2. The topological polar surface area (TPSA) is 37.8 Å². The van der Waals surface area contributed by atoms with Crippen LogP contribution in [0.1, 0.15) is 11.1 Å². The van der Waals surface area contributed by atoms with E-state index in [1.165, 1.54) is 12.4 Å². The average molecular weight is 252 g/mol. The molecular weight excluding hydrogens is 241 g/mol. The van der Waals surface area contributed by atoms with Crippen molar-refractivity contribution >= 4 is 17.4 Å². The highest BCUT2D eigenvalue weighted by molar-refractivity contribution is 6.30. The summed E-state index contributed by atoms with van der Waals surface area (Å²) in [5.74, 6) is 0.381. The molecule has 3 nitrogen and oxygen atoms in total. The van der Waals surface area contributed by atoms with Crippen LogP contribution in [0.4, 0.5) is 10.2 Å². The maximum Gasteiger partial charge on any atom is 0.137 e. The van der Waals surface area contributed by atoms with Gasteiger partial charge in [-0.1, -0.05) is 29.8 Å². The minimum Gasteiger partial charge on any atom is -0.366 e. The van der Waals surface area contributed by atoms with Crippen LogP contribution < -0.4 is 5.32 Å². The van der Waals surface area contributed by atoms with E-state index in [1.807, 2.05) is 6.92 Å². The van der Waals surface area contributed by atoms with Crippen molar-refractivity contribution in [1.82, 2.24) is 9.97 Å². The maximum absolute atomic E-state index is 13.4. The first-order valence-corrected chi connectivity index (χ1v) is 5.50. The lowest BCUT2D eigenvalue weighted by molar-refractivity contribution is 0.613. The second-order valence-electron chi connectivity index (χ2n) is 3.58. The van der Waals surface area contributed by atoms with Crippen molar-refractivity contribution in [1.29, 1.82) is 0 Å². The van der Waals surface area contributed by atoms with Crippen molar-refractivity contribution in [3.05, 3.63) is 52.7 Å². The average Bonchev–Trinajstić information content (AvgIpc) is 2.33. The number of benzene rings is 1. The Balaban J connectivity index is 2.13. The molecule has 1 aromatic carbocycles. The summed E-state index contributed by atoms with van der Waals surface area (Å²) in [4.78, 5) is 7.91. The van der Waals surface area contributed by atoms with E-state index in [4.69, 9.17) is 11.6 Å². The Labute approximate surface area is 104 Å². The molecule has 0 spiro atoms. The van der Waals surface area contributed by atoms with Crippen LogP contribution >= 0.6 is 11.6 Å². The molecule has 88 valence electrons. The van der Waals surface area contributed by atoms with Gasteiger partial charge in [-0.3, -0.25) is 0 Å². The summed E-state index contributed by atoms with van der Waals surface area (Å²) < 4.78 is 13.4. The van der Waals surface area contributed by atoms with Gasteiger partial charge in [0, 0.05) is 17.7 Å². The number of aromatic nitrogens is 2. The zero-order chi connectivity index (χ0) is 12.3.